The SMILES string of the molecule is CS(=O)(=O)NC1CCN(C(=O)C2CC2c2ccc(F)cc2-c2ccccc2F)C1. The zero-order chi connectivity index (χ0) is 20.8. The third kappa shape index (κ3) is 4.33. The lowest BCUT2D eigenvalue weighted by Gasteiger charge is -2.17. The third-order valence-electron chi connectivity index (χ3n) is 5.57. The van der Waals surface area contributed by atoms with E-state index in [1.807, 2.05) is 0 Å². The van der Waals surface area contributed by atoms with Crippen molar-refractivity contribution in [3.05, 3.63) is 59.7 Å². The highest BCUT2D eigenvalue weighted by Gasteiger charge is 2.47. The Bertz CT molecular complexity index is 1060. The summed E-state index contributed by atoms with van der Waals surface area (Å²) in [5.74, 6) is -1.26. The van der Waals surface area contributed by atoms with Gasteiger partial charge in [0.15, 0.2) is 0 Å². The average Bonchev–Trinajstić information content (AvgIpc) is 3.31. The maximum absolute atomic E-state index is 14.3. The summed E-state index contributed by atoms with van der Waals surface area (Å²) >= 11 is 0. The molecule has 5 nitrogen and oxygen atoms in total. The Kier molecular flexibility index (Phi) is 5.16. The van der Waals surface area contributed by atoms with Crippen LogP contribution in [0.2, 0.25) is 0 Å². The molecule has 3 unspecified atom stereocenters. The minimum atomic E-state index is -3.32. The van der Waals surface area contributed by atoms with E-state index in [4.69, 9.17) is 0 Å². The summed E-state index contributed by atoms with van der Waals surface area (Å²) in [4.78, 5) is 14.6. The molecule has 0 bridgehead atoms. The molecule has 1 aliphatic heterocycles. The van der Waals surface area contributed by atoms with E-state index in [1.165, 1.54) is 18.2 Å². The Morgan fingerprint density at radius 1 is 1.14 bits per heavy atom. The quantitative estimate of drug-likeness (QED) is 0.809. The molecule has 1 saturated carbocycles. The Morgan fingerprint density at radius 3 is 2.62 bits per heavy atom. The number of likely N-dealkylation sites (tertiary alicyclic amines) is 1. The van der Waals surface area contributed by atoms with Crippen molar-refractivity contribution in [2.24, 2.45) is 5.92 Å². The molecular formula is C21H22F2N2O3S. The molecule has 0 spiro atoms. The summed E-state index contributed by atoms with van der Waals surface area (Å²) in [7, 11) is -3.32. The van der Waals surface area contributed by atoms with Crippen LogP contribution in [0.25, 0.3) is 11.1 Å². The molecule has 29 heavy (non-hydrogen) atoms. The zero-order valence-corrected chi connectivity index (χ0v) is 16.8. The second-order valence-electron chi connectivity index (χ2n) is 7.82. The predicted octanol–water partition coefficient (Wildman–Crippen LogP) is 2.89. The molecule has 0 aromatic heterocycles. The lowest BCUT2D eigenvalue weighted by atomic mass is 9.95. The monoisotopic (exact) mass is 420 g/mol. The standard InChI is InChI=1S/C21H22F2N2O3S/c1-29(27,28)24-14-8-9-25(12-14)21(26)19-11-18(19)15-7-6-13(22)10-17(15)16-4-2-3-5-20(16)23/h2-7,10,14,18-19,24H,8-9,11-12H2,1H3. The number of hydrogen-bond donors (Lipinski definition) is 1. The largest absolute Gasteiger partial charge is 0.341 e. The molecule has 1 heterocycles. The van der Waals surface area contributed by atoms with Gasteiger partial charge in [0, 0.05) is 30.6 Å². The minimum Gasteiger partial charge on any atom is -0.341 e. The van der Waals surface area contributed by atoms with Gasteiger partial charge in [-0.15, -0.1) is 0 Å². The molecule has 3 atom stereocenters. The molecule has 2 fully saturated rings. The topological polar surface area (TPSA) is 66.5 Å². The second kappa shape index (κ2) is 7.50. The number of carbonyl (C=O) groups is 1. The Hall–Kier alpha value is -2.32. The van der Waals surface area contributed by atoms with Crippen LogP contribution in [0.15, 0.2) is 42.5 Å². The molecule has 1 saturated heterocycles. The van der Waals surface area contributed by atoms with Crippen LogP contribution >= 0.6 is 0 Å². The fraction of sp³-hybridized carbons (Fsp3) is 0.381. The Morgan fingerprint density at radius 2 is 1.90 bits per heavy atom. The van der Waals surface area contributed by atoms with Crippen molar-refractivity contribution >= 4 is 15.9 Å². The molecule has 0 radical (unpaired) electrons. The highest BCUT2D eigenvalue weighted by Crippen LogP contribution is 2.51. The second-order valence-corrected chi connectivity index (χ2v) is 9.60. The van der Waals surface area contributed by atoms with Crippen molar-refractivity contribution in [3.63, 3.8) is 0 Å². The molecule has 1 N–H and O–H groups in total. The lowest BCUT2D eigenvalue weighted by molar-refractivity contribution is -0.131. The smallest absolute Gasteiger partial charge is 0.226 e. The van der Waals surface area contributed by atoms with E-state index >= 15 is 0 Å². The molecule has 4 rings (SSSR count). The van der Waals surface area contributed by atoms with Gasteiger partial charge in [-0.3, -0.25) is 4.79 Å². The minimum absolute atomic E-state index is 0.0309. The van der Waals surface area contributed by atoms with E-state index in [9.17, 15) is 22.0 Å². The van der Waals surface area contributed by atoms with E-state index in [0.717, 1.165) is 11.8 Å². The van der Waals surface area contributed by atoms with Gasteiger partial charge in [-0.05, 0) is 48.1 Å². The highest BCUT2D eigenvalue weighted by molar-refractivity contribution is 7.88. The highest BCUT2D eigenvalue weighted by atomic mass is 32.2. The van der Waals surface area contributed by atoms with Crippen LogP contribution in [-0.2, 0) is 14.8 Å². The number of carbonyl (C=O) groups excluding carboxylic acids is 1. The fourth-order valence-corrected chi connectivity index (χ4v) is 4.97. The third-order valence-corrected chi connectivity index (χ3v) is 6.33. The van der Waals surface area contributed by atoms with Crippen molar-refractivity contribution < 1.29 is 22.0 Å². The summed E-state index contributed by atoms with van der Waals surface area (Å²) < 4.78 is 53.5. The Balaban J connectivity index is 1.51. The van der Waals surface area contributed by atoms with Gasteiger partial charge in [-0.2, -0.15) is 0 Å². The number of rotatable bonds is 5. The normalized spacial score (nSPS) is 24.0. The van der Waals surface area contributed by atoms with Crippen LogP contribution < -0.4 is 4.72 Å². The predicted molar refractivity (Wildman–Crippen MR) is 106 cm³/mol. The number of nitrogens with one attached hydrogen (secondary N) is 1. The zero-order valence-electron chi connectivity index (χ0n) is 15.9. The van der Waals surface area contributed by atoms with E-state index < -0.39 is 21.7 Å². The van der Waals surface area contributed by atoms with Crippen molar-refractivity contribution in [3.8, 4) is 11.1 Å². The number of hydrogen-bond acceptors (Lipinski definition) is 3. The molecule has 1 amide bonds. The van der Waals surface area contributed by atoms with Crippen molar-refractivity contribution in [1.82, 2.24) is 9.62 Å². The molecule has 8 heteroatoms. The van der Waals surface area contributed by atoms with Crippen LogP contribution in [0.5, 0.6) is 0 Å². The van der Waals surface area contributed by atoms with Crippen LogP contribution in [0.3, 0.4) is 0 Å². The maximum atomic E-state index is 14.3. The number of nitrogens with zero attached hydrogens (tertiary/aromatic N) is 1. The Labute approximate surface area is 168 Å². The summed E-state index contributed by atoms with van der Waals surface area (Å²) in [5, 5.41) is 0. The molecule has 2 aromatic carbocycles. The maximum Gasteiger partial charge on any atom is 0.226 e. The average molecular weight is 420 g/mol. The summed E-state index contributed by atoms with van der Waals surface area (Å²) in [6.45, 7) is 0.845. The van der Waals surface area contributed by atoms with Crippen molar-refractivity contribution in [2.45, 2.75) is 24.8 Å². The fourth-order valence-electron chi connectivity index (χ4n) is 4.17. The summed E-state index contributed by atoms with van der Waals surface area (Å²) in [6.07, 6.45) is 2.30. The molecule has 2 aromatic rings. The van der Waals surface area contributed by atoms with Crippen LogP contribution in [0.1, 0.15) is 24.3 Å². The van der Waals surface area contributed by atoms with E-state index in [0.29, 0.717) is 37.1 Å². The van der Waals surface area contributed by atoms with Gasteiger partial charge < -0.3 is 4.90 Å². The number of amides is 1. The van der Waals surface area contributed by atoms with Crippen molar-refractivity contribution in [2.75, 3.05) is 19.3 Å². The van der Waals surface area contributed by atoms with E-state index in [2.05, 4.69) is 4.72 Å². The van der Waals surface area contributed by atoms with Gasteiger partial charge in [-0.25, -0.2) is 21.9 Å². The van der Waals surface area contributed by atoms with Gasteiger partial charge in [0.25, 0.3) is 0 Å². The van der Waals surface area contributed by atoms with Crippen LogP contribution in [0, 0.1) is 17.6 Å². The van der Waals surface area contributed by atoms with Gasteiger partial charge in [-0.1, -0.05) is 24.3 Å². The first kappa shape index (κ1) is 20.0. The first-order valence-electron chi connectivity index (χ1n) is 9.53. The van der Waals surface area contributed by atoms with Gasteiger partial charge >= 0.3 is 0 Å². The van der Waals surface area contributed by atoms with Crippen LogP contribution in [0.4, 0.5) is 8.78 Å². The van der Waals surface area contributed by atoms with Crippen LogP contribution in [-0.4, -0.2) is 44.6 Å². The van der Waals surface area contributed by atoms with Crippen molar-refractivity contribution in [1.29, 1.82) is 0 Å². The number of benzene rings is 2. The van der Waals surface area contributed by atoms with Gasteiger partial charge in [0.2, 0.25) is 15.9 Å². The van der Waals surface area contributed by atoms with Gasteiger partial charge in [0.1, 0.15) is 11.6 Å². The number of halogens is 2. The summed E-state index contributed by atoms with van der Waals surface area (Å²) in [5.41, 5.74) is 1.56. The molecular weight excluding hydrogens is 398 g/mol. The molecule has 1 aliphatic carbocycles. The van der Waals surface area contributed by atoms with Gasteiger partial charge in [0.05, 0.1) is 6.26 Å². The lowest BCUT2D eigenvalue weighted by Crippen LogP contribution is -2.38. The first-order chi connectivity index (χ1) is 13.7. The van der Waals surface area contributed by atoms with E-state index in [1.54, 1.807) is 29.2 Å². The first-order valence-corrected chi connectivity index (χ1v) is 11.4. The molecule has 154 valence electrons. The number of sulfonamides is 1. The molecule has 2 aliphatic rings. The van der Waals surface area contributed by atoms with E-state index in [-0.39, 0.29) is 23.8 Å². The summed E-state index contributed by atoms with van der Waals surface area (Å²) in [6, 6.07) is 10.2.